The molecule has 1 aromatic rings. The number of hydrogen-bond donors (Lipinski definition) is 1. The lowest BCUT2D eigenvalue weighted by molar-refractivity contribution is 0.687. The fraction of sp³-hybridized carbons (Fsp3) is 0.600. The van der Waals surface area contributed by atoms with Gasteiger partial charge in [0.2, 0.25) is 0 Å². The summed E-state index contributed by atoms with van der Waals surface area (Å²) in [5, 5.41) is 4.40. The average Bonchev–Trinajstić information content (AvgIpc) is 3.21. The lowest BCUT2D eigenvalue weighted by Gasteiger charge is -2.21. The molecule has 0 spiro atoms. The summed E-state index contributed by atoms with van der Waals surface area (Å²) in [4.78, 5) is 2.29. The first-order chi connectivity index (χ1) is 8.72. The van der Waals surface area contributed by atoms with Crippen LogP contribution >= 0.6 is 11.6 Å². The van der Waals surface area contributed by atoms with Gasteiger partial charge in [0, 0.05) is 26.2 Å². The predicted octanol–water partition coefficient (Wildman–Crippen LogP) is 3.44. The highest BCUT2D eigenvalue weighted by atomic mass is 35.5. The van der Waals surface area contributed by atoms with E-state index in [2.05, 4.69) is 35.5 Å². The molecule has 1 aromatic carbocycles. The second-order valence-electron chi connectivity index (χ2n) is 5.76. The molecular weight excluding hydrogens is 244 g/mol. The van der Waals surface area contributed by atoms with E-state index in [0.29, 0.717) is 0 Å². The fourth-order valence-electron chi connectivity index (χ4n) is 2.31. The Hall–Kier alpha value is -0.730. The molecule has 0 unspecified atom stereocenters. The van der Waals surface area contributed by atoms with E-state index in [9.17, 15) is 0 Å². The molecule has 2 aliphatic carbocycles. The van der Waals surface area contributed by atoms with Crippen LogP contribution in [0.15, 0.2) is 18.2 Å². The molecule has 0 atom stereocenters. The van der Waals surface area contributed by atoms with E-state index in [1.54, 1.807) is 0 Å². The Balaban J connectivity index is 1.62. The van der Waals surface area contributed by atoms with Gasteiger partial charge in [-0.3, -0.25) is 0 Å². The Labute approximate surface area is 114 Å². The van der Waals surface area contributed by atoms with Crippen molar-refractivity contribution in [1.82, 2.24) is 5.32 Å². The molecule has 2 saturated carbocycles. The Morgan fingerprint density at radius 2 is 2.06 bits per heavy atom. The van der Waals surface area contributed by atoms with Crippen LogP contribution in [0.3, 0.4) is 0 Å². The predicted molar refractivity (Wildman–Crippen MR) is 77.3 cm³/mol. The van der Waals surface area contributed by atoms with E-state index < -0.39 is 0 Å². The maximum absolute atomic E-state index is 6.39. The lowest BCUT2D eigenvalue weighted by Crippen LogP contribution is -2.20. The van der Waals surface area contributed by atoms with Crippen molar-refractivity contribution in [1.29, 1.82) is 0 Å². The van der Waals surface area contributed by atoms with Gasteiger partial charge in [0.15, 0.2) is 0 Å². The monoisotopic (exact) mass is 264 g/mol. The van der Waals surface area contributed by atoms with Gasteiger partial charge in [0.05, 0.1) is 10.7 Å². The van der Waals surface area contributed by atoms with Crippen LogP contribution in [-0.4, -0.2) is 19.6 Å². The SMILES string of the molecule is CN(CC1CC1)c1ccc(CNC2CC2)cc1Cl. The molecule has 98 valence electrons. The van der Waals surface area contributed by atoms with Gasteiger partial charge in [-0.2, -0.15) is 0 Å². The van der Waals surface area contributed by atoms with Gasteiger partial charge in [-0.25, -0.2) is 0 Å². The van der Waals surface area contributed by atoms with Gasteiger partial charge >= 0.3 is 0 Å². The van der Waals surface area contributed by atoms with Crippen LogP contribution in [-0.2, 0) is 6.54 Å². The summed E-state index contributed by atoms with van der Waals surface area (Å²) in [6.07, 6.45) is 5.42. The van der Waals surface area contributed by atoms with Crippen LogP contribution in [0.2, 0.25) is 5.02 Å². The van der Waals surface area contributed by atoms with Crippen LogP contribution in [0.4, 0.5) is 5.69 Å². The van der Waals surface area contributed by atoms with Crippen LogP contribution in [0.25, 0.3) is 0 Å². The molecule has 1 N–H and O–H groups in total. The van der Waals surface area contributed by atoms with E-state index in [0.717, 1.165) is 30.1 Å². The van der Waals surface area contributed by atoms with E-state index in [-0.39, 0.29) is 0 Å². The number of anilines is 1. The third-order valence-corrected chi connectivity index (χ3v) is 4.13. The Morgan fingerprint density at radius 1 is 1.28 bits per heavy atom. The Bertz CT molecular complexity index is 425. The maximum atomic E-state index is 6.39. The van der Waals surface area contributed by atoms with Gasteiger partial charge in [-0.05, 0) is 49.3 Å². The molecule has 2 nitrogen and oxygen atoms in total. The topological polar surface area (TPSA) is 15.3 Å². The van der Waals surface area contributed by atoms with Gasteiger partial charge < -0.3 is 10.2 Å². The van der Waals surface area contributed by atoms with Gasteiger partial charge in [0.1, 0.15) is 0 Å². The molecule has 0 amide bonds. The zero-order valence-electron chi connectivity index (χ0n) is 11.0. The molecule has 18 heavy (non-hydrogen) atoms. The minimum absolute atomic E-state index is 0.751. The first kappa shape index (κ1) is 12.3. The molecule has 3 heteroatoms. The van der Waals surface area contributed by atoms with Crippen LogP contribution in [0.5, 0.6) is 0 Å². The second kappa shape index (κ2) is 5.10. The second-order valence-corrected chi connectivity index (χ2v) is 6.17. The molecular formula is C15H21ClN2. The summed E-state index contributed by atoms with van der Waals surface area (Å²) < 4.78 is 0. The smallest absolute Gasteiger partial charge is 0.0642 e. The van der Waals surface area contributed by atoms with E-state index >= 15 is 0 Å². The van der Waals surface area contributed by atoms with Crippen molar-refractivity contribution >= 4 is 17.3 Å². The van der Waals surface area contributed by atoms with E-state index in [4.69, 9.17) is 11.6 Å². The largest absolute Gasteiger partial charge is 0.373 e. The van der Waals surface area contributed by atoms with E-state index in [1.807, 2.05) is 0 Å². The van der Waals surface area contributed by atoms with Crippen molar-refractivity contribution in [2.75, 3.05) is 18.5 Å². The first-order valence-corrected chi connectivity index (χ1v) is 7.33. The highest BCUT2D eigenvalue weighted by Gasteiger charge is 2.24. The minimum Gasteiger partial charge on any atom is -0.373 e. The van der Waals surface area contributed by atoms with Gasteiger partial charge in [-0.1, -0.05) is 17.7 Å². The number of nitrogens with one attached hydrogen (secondary N) is 1. The number of nitrogens with zero attached hydrogens (tertiary/aromatic N) is 1. The molecule has 2 fully saturated rings. The zero-order valence-corrected chi connectivity index (χ0v) is 11.7. The molecule has 3 rings (SSSR count). The van der Waals surface area contributed by atoms with Crippen molar-refractivity contribution < 1.29 is 0 Å². The summed E-state index contributed by atoms with van der Waals surface area (Å²) in [7, 11) is 2.14. The zero-order chi connectivity index (χ0) is 12.5. The highest BCUT2D eigenvalue weighted by Crippen LogP contribution is 2.33. The summed E-state index contributed by atoms with van der Waals surface area (Å²) in [5.41, 5.74) is 2.45. The molecule has 0 bridgehead atoms. The molecule has 2 aliphatic rings. The standard InChI is InChI=1S/C15H21ClN2/c1-18(10-11-2-3-11)15-7-4-12(8-14(15)16)9-17-13-5-6-13/h4,7-8,11,13,17H,2-3,5-6,9-10H2,1H3. The van der Waals surface area contributed by atoms with Gasteiger partial charge in [-0.15, -0.1) is 0 Å². The van der Waals surface area contributed by atoms with Crippen molar-refractivity contribution in [3.8, 4) is 0 Å². The lowest BCUT2D eigenvalue weighted by atomic mass is 10.2. The van der Waals surface area contributed by atoms with Crippen LogP contribution in [0.1, 0.15) is 31.2 Å². The molecule has 0 aliphatic heterocycles. The van der Waals surface area contributed by atoms with Crippen molar-refractivity contribution in [3.05, 3.63) is 28.8 Å². The Kier molecular flexibility index (Phi) is 3.49. The molecule has 0 saturated heterocycles. The molecule has 0 radical (unpaired) electrons. The van der Waals surface area contributed by atoms with E-state index in [1.165, 1.54) is 36.9 Å². The average molecular weight is 265 g/mol. The molecule has 0 heterocycles. The number of benzene rings is 1. The van der Waals surface area contributed by atoms with Crippen molar-refractivity contribution in [3.63, 3.8) is 0 Å². The third kappa shape index (κ3) is 3.18. The van der Waals surface area contributed by atoms with Crippen LogP contribution in [0, 0.1) is 5.92 Å². The number of halogens is 1. The summed E-state index contributed by atoms with van der Waals surface area (Å²) >= 11 is 6.39. The summed E-state index contributed by atoms with van der Waals surface area (Å²) in [6.45, 7) is 2.08. The highest BCUT2D eigenvalue weighted by molar-refractivity contribution is 6.33. The maximum Gasteiger partial charge on any atom is 0.0642 e. The normalized spacial score (nSPS) is 19.0. The van der Waals surface area contributed by atoms with Crippen LogP contribution < -0.4 is 10.2 Å². The summed E-state index contributed by atoms with van der Waals surface area (Å²) in [5.74, 6) is 0.891. The third-order valence-electron chi connectivity index (χ3n) is 3.82. The van der Waals surface area contributed by atoms with Crippen molar-refractivity contribution in [2.45, 2.75) is 38.3 Å². The minimum atomic E-state index is 0.751. The number of rotatable bonds is 6. The number of hydrogen-bond acceptors (Lipinski definition) is 2. The van der Waals surface area contributed by atoms with Crippen molar-refractivity contribution in [2.24, 2.45) is 5.92 Å². The molecule has 0 aromatic heterocycles. The van der Waals surface area contributed by atoms with Gasteiger partial charge in [0.25, 0.3) is 0 Å². The Morgan fingerprint density at radius 3 is 2.67 bits per heavy atom. The quantitative estimate of drug-likeness (QED) is 0.847. The first-order valence-electron chi connectivity index (χ1n) is 6.95. The summed E-state index contributed by atoms with van der Waals surface area (Å²) in [6, 6.07) is 7.21. The fourth-order valence-corrected chi connectivity index (χ4v) is 2.65.